The largest absolute Gasteiger partial charge is 0.335 e. The van der Waals surface area contributed by atoms with Gasteiger partial charge in [-0.15, -0.1) is 0 Å². The van der Waals surface area contributed by atoms with Gasteiger partial charge in [0.15, 0.2) is 0 Å². The zero-order valence-corrected chi connectivity index (χ0v) is 10.3. The third kappa shape index (κ3) is 4.99. The van der Waals surface area contributed by atoms with Crippen molar-refractivity contribution in [1.82, 2.24) is 0 Å². The van der Waals surface area contributed by atoms with Gasteiger partial charge >= 0.3 is 0 Å². The van der Waals surface area contributed by atoms with Crippen LogP contribution in [0.25, 0.3) is 0 Å². The zero-order chi connectivity index (χ0) is 10.4. The smallest absolute Gasteiger partial charge is 0.0796 e. The fourth-order valence-electron chi connectivity index (χ4n) is 2.47. The average Bonchev–Trinajstić information content (AvgIpc) is 2.16. The quantitative estimate of drug-likeness (QED) is 0.690. The van der Waals surface area contributed by atoms with E-state index in [1.807, 2.05) is 4.90 Å². The van der Waals surface area contributed by atoms with E-state index >= 15 is 0 Å². The maximum Gasteiger partial charge on any atom is 0.0796 e. The van der Waals surface area contributed by atoms with E-state index in [0.29, 0.717) is 0 Å². The minimum atomic E-state index is 0.883. The van der Waals surface area contributed by atoms with Crippen LogP contribution in [-0.4, -0.2) is 19.6 Å². The first kappa shape index (κ1) is 12.0. The van der Waals surface area contributed by atoms with E-state index in [1.54, 1.807) is 0 Å². The number of quaternary nitrogens is 1. The highest BCUT2D eigenvalue weighted by Crippen LogP contribution is 2.10. The number of rotatable bonds is 5. The van der Waals surface area contributed by atoms with Gasteiger partial charge in [0.05, 0.1) is 19.6 Å². The highest BCUT2D eigenvalue weighted by Gasteiger charge is 2.16. The molecule has 0 aromatic carbocycles. The second kappa shape index (κ2) is 6.44. The lowest BCUT2D eigenvalue weighted by atomic mass is 9.98. The molecule has 1 aliphatic heterocycles. The van der Waals surface area contributed by atoms with Crippen molar-refractivity contribution >= 4 is 0 Å². The van der Waals surface area contributed by atoms with Crippen LogP contribution in [0.15, 0.2) is 0 Å². The summed E-state index contributed by atoms with van der Waals surface area (Å²) >= 11 is 0. The summed E-state index contributed by atoms with van der Waals surface area (Å²) in [5.74, 6) is 1.82. The van der Waals surface area contributed by atoms with Crippen LogP contribution in [0, 0.1) is 11.8 Å². The zero-order valence-electron chi connectivity index (χ0n) is 10.3. The van der Waals surface area contributed by atoms with Gasteiger partial charge in [-0.05, 0) is 31.6 Å². The van der Waals surface area contributed by atoms with Gasteiger partial charge in [-0.2, -0.15) is 0 Å². The Morgan fingerprint density at radius 3 is 2.14 bits per heavy atom. The lowest BCUT2D eigenvalue weighted by Crippen LogP contribution is -3.13. The molecule has 1 rings (SSSR count). The van der Waals surface area contributed by atoms with Crippen molar-refractivity contribution in [2.75, 3.05) is 19.6 Å². The molecule has 14 heavy (non-hydrogen) atoms. The van der Waals surface area contributed by atoms with Crippen LogP contribution in [0.5, 0.6) is 0 Å². The van der Waals surface area contributed by atoms with Crippen molar-refractivity contribution in [3.63, 3.8) is 0 Å². The third-order valence-electron chi connectivity index (χ3n) is 3.43. The van der Waals surface area contributed by atoms with E-state index in [2.05, 4.69) is 20.8 Å². The van der Waals surface area contributed by atoms with Gasteiger partial charge in [0.25, 0.3) is 0 Å². The first-order valence-corrected chi connectivity index (χ1v) is 6.52. The molecule has 0 aliphatic carbocycles. The number of nitrogens with one attached hydrogen (secondary N) is 1. The summed E-state index contributed by atoms with van der Waals surface area (Å²) in [4.78, 5) is 1.87. The lowest BCUT2D eigenvalue weighted by molar-refractivity contribution is -0.908. The highest BCUT2D eigenvalue weighted by molar-refractivity contribution is 4.55. The van der Waals surface area contributed by atoms with E-state index in [9.17, 15) is 0 Å². The SMILES string of the molecule is CC(C)CCC(C)C[NH+]1CCCCC1. The molecule has 1 unspecified atom stereocenters. The van der Waals surface area contributed by atoms with Crippen LogP contribution >= 0.6 is 0 Å². The van der Waals surface area contributed by atoms with Gasteiger partial charge in [-0.1, -0.05) is 27.2 Å². The predicted molar refractivity (Wildman–Crippen MR) is 62.7 cm³/mol. The van der Waals surface area contributed by atoms with Gasteiger partial charge in [0.2, 0.25) is 0 Å². The Bertz CT molecular complexity index is 136. The molecule has 1 N–H and O–H groups in total. The molecule has 1 heteroatoms. The van der Waals surface area contributed by atoms with E-state index in [0.717, 1.165) is 11.8 Å². The molecule has 0 aromatic heterocycles. The fraction of sp³-hybridized carbons (Fsp3) is 1.00. The minimum absolute atomic E-state index is 0.883. The van der Waals surface area contributed by atoms with E-state index in [4.69, 9.17) is 0 Å². The van der Waals surface area contributed by atoms with Crippen LogP contribution in [0.1, 0.15) is 52.9 Å². The molecule has 0 spiro atoms. The van der Waals surface area contributed by atoms with Crippen molar-refractivity contribution in [3.8, 4) is 0 Å². The van der Waals surface area contributed by atoms with Crippen molar-refractivity contribution in [3.05, 3.63) is 0 Å². The van der Waals surface area contributed by atoms with Gasteiger partial charge in [-0.3, -0.25) is 0 Å². The number of likely N-dealkylation sites (tertiary alicyclic amines) is 1. The topological polar surface area (TPSA) is 4.44 Å². The maximum absolute atomic E-state index is 2.43. The Kier molecular flexibility index (Phi) is 5.54. The van der Waals surface area contributed by atoms with Gasteiger partial charge in [0, 0.05) is 5.92 Å². The van der Waals surface area contributed by atoms with Crippen molar-refractivity contribution in [2.24, 2.45) is 11.8 Å². The summed E-state index contributed by atoms with van der Waals surface area (Å²) in [7, 11) is 0. The average molecular weight is 198 g/mol. The molecule has 0 aromatic rings. The number of piperidine rings is 1. The maximum atomic E-state index is 2.43. The second-order valence-corrected chi connectivity index (χ2v) is 5.59. The monoisotopic (exact) mass is 198 g/mol. The van der Waals surface area contributed by atoms with Crippen LogP contribution in [0.2, 0.25) is 0 Å². The van der Waals surface area contributed by atoms with E-state index < -0.39 is 0 Å². The summed E-state index contributed by atoms with van der Waals surface area (Å²) in [5, 5.41) is 0. The van der Waals surface area contributed by atoms with Crippen molar-refractivity contribution in [2.45, 2.75) is 52.9 Å². The van der Waals surface area contributed by atoms with Gasteiger partial charge in [-0.25, -0.2) is 0 Å². The normalized spacial score (nSPS) is 21.4. The molecule has 1 heterocycles. The molecule has 1 nitrogen and oxygen atoms in total. The van der Waals surface area contributed by atoms with E-state index in [1.165, 1.54) is 51.7 Å². The molecule has 1 aliphatic rings. The number of hydrogen-bond donors (Lipinski definition) is 1. The van der Waals surface area contributed by atoms with E-state index in [-0.39, 0.29) is 0 Å². The third-order valence-corrected chi connectivity index (χ3v) is 3.43. The fourth-order valence-corrected chi connectivity index (χ4v) is 2.47. The molecular weight excluding hydrogens is 170 g/mol. The Morgan fingerprint density at radius 1 is 0.929 bits per heavy atom. The molecule has 1 fully saturated rings. The van der Waals surface area contributed by atoms with Crippen LogP contribution in [-0.2, 0) is 0 Å². The molecule has 1 atom stereocenters. The van der Waals surface area contributed by atoms with Crippen LogP contribution in [0.3, 0.4) is 0 Å². The summed E-state index contributed by atoms with van der Waals surface area (Å²) in [6, 6.07) is 0. The molecule has 0 radical (unpaired) electrons. The number of hydrogen-bond acceptors (Lipinski definition) is 0. The summed E-state index contributed by atoms with van der Waals surface area (Å²) in [6.07, 6.45) is 7.25. The molecule has 0 bridgehead atoms. The first-order valence-electron chi connectivity index (χ1n) is 6.52. The molecule has 0 amide bonds. The Hall–Kier alpha value is -0.0400. The van der Waals surface area contributed by atoms with Gasteiger partial charge in [0.1, 0.15) is 0 Å². The van der Waals surface area contributed by atoms with Crippen LogP contribution in [0.4, 0.5) is 0 Å². The molecule has 84 valence electrons. The molecular formula is C13H28N+. The first-order chi connectivity index (χ1) is 6.68. The second-order valence-electron chi connectivity index (χ2n) is 5.59. The lowest BCUT2D eigenvalue weighted by Gasteiger charge is -2.26. The van der Waals surface area contributed by atoms with Crippen LogP contribution < -0.4 is 4.90 Å². The Labute approximate surface area is 89.9 Å². The van der Waals surface area contributed by atoms with Crippen molar-refractivity contribution < 1.29 is 4.90 Å². The summed E-state index contributed by atoms with van der Waals surface area (Å²) in [5.41, 5.74) is 0. The Morgan fingerprint density at radius 2 is 1.57 bits per heavy atom. The minimum Gasteiger partial charge on any atom is -0.335 e. The standard InChI is InChI=1S/C13H27N/c1-12(2)7-8-13(3)11-14-9-5-4-6-10-14/h12-13H,4-11H2,1-3H3/p+1. The van der Waals surface area contributed by atoms with Crippen molar-refractivity contribution in [1.29, 1.82) is 0 Å². The predicted octanol–water partition coefficient (Wildman–Crippen LogP) is 2.13. The summed E-state index contributed by atoms with van der Waals surface area (Å²) in [6.45, 7) is 11.4. The Balaban J connectivity index is 2.09. The summed E-state index contributed by atoms with van der Waals surface area (Å²) < 4.78 is 0. The molecule has 0 saturated carbocycles. The highest BCUT2D eigenvalue weighted by atomic mass is 15.1. The molecule has 1 saturated heterocycles. The van der Waals surface area contributed by atoms with Gasteiger partial charge < -0.3 is 4.90 Å².